The van der Waals surface area contributed by atoms with Crippen LogP contribution < -0.4 is 22.1 Å². The van der Waals surface area contributed by atoms with Gasteiger partial charge in [0.15, 0.2) is 0 Å². The van der Waals surface area contributed by atoms with Crippen molar-refractivity contribution >= 4 is 17.7 Å². The summed E-state index contributed by atoms with van der Waals surface area (Å²) < 4.78 is 34.3. The van der Waals surface area contributed by atoms with Crippen LogP contribution in [-0.4, -0.2) is 251 Å². The van der Waals surface area contributed by atoms with Crippen molar-refractivity contribution in [3.8, 4) is 0 Å². The molecule has 0 aromatic heterocycles. The Kier molecular flexibility index (Phi) is 33.7. The van der Waals surface area contributed by atoms with Gasteiger partial charge in [0.2, 0.25) is 17.7 Å². The number of hydrogen-bond donors (Lipinski definition) is 14. The first-order valence-electron chi connectivity index (χ1n) is 22.5. The van der Waals surface area contributed by atoms with E-state index in [1.165, 1.54) is 4.90 Å². The molecule has 0 unspecified atom stereocenters. The molecule has 0 heterocycles. The highest BCUT2D eigenvalue weighted by Gasteiger charge is 2.34. The maximum absolute atomic E-state index is 12.3. The lowest BCUT2D eigenvalue weighted by Crippen LogP contribution is -2.53. The Morgan fingerprint density at radius 1 is 0.621 bits per heavy atom. The topological polar surface area (TPSA) is 388 Å². The average molecular weight is 964 g/mol. The number of hydrogen-bond acceptors (Lipinski definition) is 21. The predicted octanol–water partition coefficient (Wildman–Crippen LogP) is -5.55. The Morgan fingerprint density at radius 2 is 1.09 bits per heavy atom. The third-order valence-corrected chi connectivity index (χ3v) is 10.2. The van der Waals surface area contributed by atoms with E-state index < -0.39 is 110 Å². The molecule has 0 saturated carbocycles. The number of amides is 3. The van der Waals surface area contributed by atoms with Crippen LogP contribution in [-0.2, 0) is 42.8 Å². The van der Waals surface area contributed by atoms with Gasteiger partial charge in [-0.2, -0.15) is 0 Å². The summed E-state index contributed by atoms with van der Waals surface area (Å²) in [5.74, 6) is -1.34. The minimum Gasteiger partial charge on any atom is -0.394 e. The van der Waals surface area contributed by atoms with E-state index >= 15 is 0 Å². The molecule has 66 heavy (non-hydrogen) atoms. The molecule has 0 aliphatic heterocycles. The molecule has 0 rings (SSSR count). The van der Waals surface area contributed by atoms with E-state index in [1.54, 1.807) is 13.8 Å². The molecule has 3 amide bonds. The monoisotopic (exact) mass is 964 g/mol. The second-order valence-corrected chi connectivity index (χ2v) is 17.7. The molecule has 0 spiro atoms. The van der Waals surface area contributed by atoms with E-state index in [-0.39, 0.29) is 84.3 Å². The van der Waals surface area contributed by atoms with Gasteiger partial charge >= 0.3 is 0 Å². The molecular weight excluding hydrogens is 878 g/mol. The van der Waals surface area contributed by atoms with Gasteiger partial charge in [0, 0.05) is 32.6 Å². The molecule has 0 aromatic carbocycles. The quantitative estimate of drug-likeness (QED) is 0.0254. The summed E-state index contributed by atoms with van der Waals surface area (Å²) in [7, 11) is 0. The Labute approximate surface area is 388 Å². The lowest BCUT2D eigenvalue weighted by molar-refractivity contribution is -0.146. The minimum absolute atomic E-state index is 0.00818. The van der Waals surface area contributed by atoms with Gasteiger partial charge in [-0.05, 0) is 52.9 Å². The fraction of sp³-hybridized carbons (Fsp3) is 0.929. The molecule has 0 saturated heterocycles. The summed E-state index contributed by atoms with van der Waals surface area (Å²) in [6, 6.07) is -1.57. The highest BCUT2D eigenvalue weighted by Crippen LogP contribution is 2.17. The number of aliphatic hydroxyl groups is 10. The van der Waals surface area contributed by atoms with Crippen LogP contribution in [0.25, 0.3) is 0 Å². The summed E-state index contributed by atoms with van der Waals surface area (Å²) in [6.07, 6.45) is -12.8. The van der Waals surface area contributed by atoms with Crippen LogP contribution in [0, 0.1) is 5.92 Å². The van der Waals surface area contributed by atoms with Crippen molar-refractivity contribution in [3.63, 3.8) is 0 Å². The zero-order valence-corrected chi connectivity index (χ0v) is 39.7. The third-order valence-electron chi connectivity index (χ3n) is 10.2. The highest BCUT2D eigenvalue weighted by molar-refractivity contribution is 5.89. The SMILES string of the molecule is CC(C)[C@H](N)C(=O)N[C@@H](CCCCNC(=O)CCOCC(C)(C)OCC(C)(C)OCCOCCOCCOCCN(C[C@H](O)[C@@H](O)[C@H](O)[C@H](O)CO)C[C@H](O)[C@@H](O)[C@H](O)[C@H](O)CO)C(N)=O. The van der Waals surface area contributed by atoms with Gasteiger partial charge in [0.05, 0.1) is 109 Å². The molecular formula is C42H85N5O19. The standard InChI is InChI=1S/C42H85N5O19/c1-27(2)34(43)40(60)46-28(39(44)59)9-7-8-11-45-33(54)10-13-64-25-41(3,4)66-26-42(5,6)65-20-19-63-18-17-62-16-15-61-14-12-47(21-29(50)35(55)37(57)31(52)23-48)22-30(51)36(56)38(58)32(53)24-49/h27-32,34-38,48-53,55-58H,7-26,43H2,1-6H3,(H2,44,59)(H,45,54)(H,46,60)/t28-,29-,30-,31+,32+,34-,35+,36+,37+,38+/m0/s1. The van der Waals surface area contributed by atoms with Crippen LogP contribution in [0.1, 0.15) is 67.2 Å². The first kappa shape index (κ1) is 63.7. The first-order valence-corrected chi connectivity index (χ1v) is 22.5. The smallest absolute Gasteiger partial charge is 0.240 e. The first-order chi connectivity index (χ1) is 30.9. The van der Waals surface area contributed by atoms with Gasteiger partial charge in [-0.3, -0.25) is 19.3 Å². The number of primary amides is 1. The van der Waals surface area contributed by atoms with Crippen LogP contribution in [0.3, 0.4) is 0 Å². The predicted molar refractivity (Wildman–Crippen MR) is 237 cm³/mol. The van der Waals surface area contributed by atoms with E-state index in [2.05, 4.69) is 10.6 Å². The van der Waals surface area contributed by atoms with Crippen molar-refractivity contribution in [1.29, 1.82) is 0 Å². The summed E-state index contributed by atoms with van der Waals surface area (Å²) >= 11 is 0. The number of rotatable bonds is 42. The van der Waals surface area contributed by atoms with Crippen molar-refractivity contribution < 1.29 is 93.9 Å². The second kappa shape index (κ2) is 34.9. The third kappa shape index (κ3) is 28.9. The van der Waals surface area contributed by atoms with E-state index in [4.69, 9.17) is 50.1 Å². The summed E-state index contributed by atoms with van der Waals surface area (Å²) in [4.78, 5) is 37.5. The number of aliphatic hydroxyl groups excluding tert-OH is 10. The van der Waals surface area contributed by atoms with Gasteiger partial charge < -0.3 is 102 Å². The van der Waals surface area contributed by atoms with Crippen molar-refractivity contribution in [2.24, 2.45) is 17.4 Å². The zero-order valence-electron chi connectivity index (χ0n) is 39.7. The second-order valence-electron chi connectivity index (χ2n) is 17.7. The molecule has 24 heteroatoms. The number of nitrogens with one attached hydrogen (secondary N) is 2. The molecule has 0 fully saturated rings. The van der Waals surface area contributed by atoms with Crippen LogP contribution in [0.4, 0.5) is 0 Å². The van der Waals surface area contributed by atoms with Crippen LogP contribution in [0.5, 0.6) is 0 Å². The molecule has 0 bridgehead atoms. The van der Waals surface area contributed by atoms with Crippen molar-refractivity contribution in [2.75, 3.05) is 105 Å². The van der Waals surface area contributed by atoms with E-state index in [1.807, 2.05) is 27.7 Å². The van der Waals surface area contributed by atoms with E-state index in [0.717, 1.165) is 0 Å². The summed E-state index contributed by atoms with van der Waals surface area (Å²) in [5, 5.41) is 104. The van der Waals surface area contributed by atoms with Gasteiger partial charge in [0.1, 0.15) is 42.7 Å². The van der Waals surface area contributed by atoms with Gasteiger partial charge in [-0.15, -0.1) is 0 Å². The Morgan fingerprint density at radius 3 is 1.58 bits per heavy atom. The largest absolute Gasteiger partial charge is 0.394 e. The number of unbranched alkanes of at least 4 members (excludes halogenated alkanes) is 1. The Hall–Kier alpha value is -2.31. The number of ether oxygens (including phenoxy) is 6. The Balaban J connectivity index is 4.35. The molecule has 0 aromatic rings. The molecule has 0 aliphatic carbocycles. The minimum atomic E-state index is -1.89. The Bertz CT molecular complexity index is 1260. The van der Waals surface area contributed by atoms with Crippen LogP contribution in [0.2, 0.25) is 0 Å². The molecule has 392 valence electrons. The van der Waals surface area contributed by atoms with Crippen molar-refractivity contribution in [2.45, 2.75) is 139 Å². The lowest BCUT2D eigenvalue weighted by atomic mass is 10.0. The van der Waals surface area contributed by atoms with Crippen LogP contribution >= 0.6 is 0 Å². The van der Waals surface area contributed by atoms with Crippen molar-refractivity contribution in [3.05, 3.63) is 0 Å². The zero-order chi connectivity index (χ0) is 50.5. The molecule has 0 radical (unpaired) electrons. The van der Waals surface area contributed by atoms with E-state index in [9.17, 15) is 55.2 Å². The highest BCUT2D eigenvalue weighted by atomic mass is 16.6. The molecule has 24 nitrogen and oxygen atoms in total. The van der Waals surface area contributed by atoms with E-state index in [0.29, 0.717) is 32.4 Å². The molecule has 16 N–H and O–H groups in total. The number of carbonyl (C=O) groups excluding carboxylic acids is 3. The van der Waals surface area contributed by atoms with Crippen molar-refractivity contribution in [1.82, 2.24) is 15.5 Å². The average Bonchev–Trinajstić information content (AvgIpc) is 3.27. The van der Waals surface area contributed by atoms with Crippen LogP contribution in [0.15, 0.2) is 0 Å². The fourth-order valence-corrected chi connectivity index (χ4v) is 5.82. The van der Waals surface area contributed by atoms with Gasteiger partial charge in [0.25, 0.3) is 0 Å². The van der Waals surface area contributed by atoms with Gasteiger partial charge in [-0.25, -0.2) is 0 Å². The normalized spacial score (nSPS) is 17.1. The summed E-state index contributed by atoms with van der Waals surface area (Å²) in [5.41, 5.74) is 9.96. The number of nitrogens with zero attached hydrogens (tertiary/aromatic N) is 1. The fourth-order valence-electron chi connectivity index (χ4n) is 5.82. The number of carbonyl (C=O) groups is 3. The maximum Gasteiger partial charge on any atom is 0.240 e. The molecule has 10 atom stereocenters. The lowest BCUT2D eigenvalue weighted by Gasteiger charge is -2.33. The molecule has 0 aliphatic rings. The summed E-state index contributed by atoms with van der Waals surface area (Å²) in [6.45, 7) is 11.1. The maximum atomic E-state index is 12.3. The number of nitrogens with two attached hydrogens (primary N) is 2. The van der Waals surface area contributed by atoms with Gasteiger partial charge in [-0.1, -0.05) is 13.8 Å².